The summed E-state index contributed by atoms with van der Waals surface area (Å²) in [6, 6.07) is 9.32. The molecule has 0 aliphatic carbocycles. The van der Waals surface area contributed by atoms with Crippen molar-refractivity contribution in [3.05, 3.63) is 29.8 Å². The first-order valence-electron chi connectivity index (χ1n) is 9.75. The number of unbranched alkanes of at least 4 members (excludes halogenated alkanes) is 3. The summed E-state index contributed by atoms with van der Waals surface area (Å²) in [4.78, 5) is 0. The average molecular weight is 438 g/mol. The third-order valence-corrected chi connectivity index (χ3v) is 20.7. The molecule has 0 aliphatic rings. The molecule has 1 rings (SSSR count). The Morgan fingerprint density at radius 3 is 1.75 bits per heavy atom. The van der Waals surface area contributed by atoms with Gasteiger partial charge in [-0.15, -0.1) is 0 Å². The van der Waals surface area contributed by atoms with E-state index in [2.05, 4.69) is 50.4 Å². The normalized spacial score (nSPS) is 11.5. The summed E-state index contributed by atoms with van der Waals surface area (Å²) in [7, 11) is 0. The molecule has 3 nitrogen and oxygen atoms in total. The molecule has 0 spiro atoms. The quantitative estimate of drug-likeness (QED) is 0.251. The van der Waals surface area contributed by atoms with Crippen LogP contribution in [-0.2, 0) is 6.54 Å². The van der Waals surface area contributed by atoms with Gasteiger partial charge in [-0.2, -0.15) is 0 Å². The van der Waals surface area contributed by atoms with Crippen molar-refractivity contribution >= 4 is 27.9 Å². The van der Waals surface area contributed by atoms with Gasteiger partial charge in [-0.3, -0.25) is 0 Å². The first-order valence-corrected chi connectivity index (χ1v) is 17.2. The van der Waals surface area contributed by atoms with E-state index in [1.165, 1.54) is 57.4 Å². The first-order chi connectivity index (χ1) is 11.6. The third-order valence-electron chi connectivity index (χ3n) is 5.08. The molecule has 136 valence electrons. The summed E-state index contributed by atoms with van der Waals surface area (Å²) in [5.74, 6) is 0.0430. The first kappa shape index (κ1) is 21.3. The molecule has 1 aromatic carbocycles. The molecule has 0 aliphatic heterocycles. The zero-order valence-electron chi connectivity index (χ0n) is 16.0. The predicted octanol–water partition coefficient (Wildman–Crippen LogP) is 4.73. The Kier molecular flexibility index (Phi) is 10.5. The molecule has 0 bridgehead atoms. The molecule has 0 unspecified atom stereocenters. The summed E-state index contributed by atoms with van der Waals surface area (Å²) >= 11 is -2.28. The number of nitrogens with two attached hydrogens (primary N) is 1. The van der Waals surface area contributed by atoms with E-state index in [1.54, 1.807) is 3.58 Å². The van der Waals surface area contributed by atoms with Crippen LogP contribution in [0.3, 0.4) is 0 Å². The van der Waals surface area contributed by atoms with E-state index in [0.29, 0.717) is 6.54 Å². The second-order valence-electron chi connectivity index (χ2n) is 7.06. The summed E-state index contributed by atoms with van der Waals surface area (Å²) in [5.41, 5.74) is 6.60. The van der Waals surface area contributed by atoms with Crippen LogP contribution >= 0.6 is 0 Å². The van der Waals surface area contributed by atoms with Crippen LogP contribution < -0.4 is 14.6 Å². The van der Waals surface area contributed by atoms with Crippen molar-refractivity contribution < 1.29 is 0 Å². The van der Waals surface area contributed by atoms with Crippen LogP contribution in [0, 0.1) is 5.41 Å². The Hall–Kier alpha value is -0.711. The van der Waals surface area contributed by atoms with E-state index in [0.717, 1.165) is 0 Å². The predicted molar refractivity (Wildman–Crippen MR) is 110 cm³/mol. The minimum absolute atomic E-state index is 0.0430. The molecule has 4 heteroatoms. The van der Waals surface area contributed by atoms with Gasteiger partial charge < -0.3 is 0 Å². The number of nitrogens with one attached hydrogen (secondary N) is 2. The molecule has 0 saturated heterocycles. The van der Waals surface area contributed by atoms with E-state index in [4.69, 9.17) is 11.1 Å². The molecule has 1 aromatic rings. The van der Waals surface area contributed by atoms with E-state index < -0.39 is 18.4 Å². The molecule has 4 N–H and O–H groups in total. The fourth-order valence-electron chi connectivity index (χ4n) is 3.53. The van der Waals surface area contributed by atoms with Crippen molar-refractivity contribution in [3.63, 3.8) is 0 Å². The fourth-order valence-corrected chi connectivity index (χ4v) is 19.5. The van der Waals surface area contributed by atoms with Gasteiger partial charge in [-0.05, 0) is 0 Å². The zero-order valence-corrected chi connectivity index (χ0v) is 18.8. The Balaban J connectivity index is 2.98. The van der Waals surface area contributed by atoms with Crippen LogP contribution in [0.15, 0.2) is 24.3 Å². The molecular weight excluding hydrogens is 401 g/mol. The van der Waals surface area contributed by atoms with E-state index in [-0.39, 0.29) is 5.96 Å². The molecular formula is C20H37N3Sn. The summed E-state index contributed by atoms with van der Waals surface area (Å²) in [6.07, 6.45) is 8.15. The van der Waals surface area contributed by atoms with Gasteiger partial charge in [0.2, 0.25) is 0 Å². The maximum atomic E-state index is 7.29. The summed E-state index contributed by atoms with van der Waals surface area (Å²) in [6.45, 7) is 7.63. The topological polar surface area (TPSA) is 61.9 Å². The summed E-state index contributed by atoms with van der Waals surface area (Å²) in [5, 5.41) is 10.2. The van der Waals surface area contributed by atoms with Gasteiger partial charge in [0, 0.05) is 0 Å². The van der Waals surface area contributed by atoms with Gasteiger partial charge >= 0.3 is 153 Å². The second-order valence-corrected chi connectivity index (χ2v) is 20.3. The monoisotopic (exact) mass is 439 g/mol. The second kappa shape index (κ2) is 11.8. The van der Waals surface area contributed by atoms with Crippen molar-refractivity contribution in [2.24, 2.45) is 5.73 Å². The molecule has 0 fully saturated rings. The third kappa shape index (κ3) is 7.04. The van der Waals surface area contributed by atoms with Crippen molar-refractivity contribution in [1.82, 2.24) is 5.32 Å². The standard InChI is InChI=1S/C8H10N3.3C4H9.Sn/c9-8(10)11-6-7-4-2-1-3-5-7;3*1-3-4-2;/h2-5H,6H2,(H4,9,10,11);3*1,3-4H2,2H3;. The van der Waals surface area contributed by atoms with Crippen molar-refractivity contribution in [3.8, 4) is 0 Å². The van der Waals surface area contributed by atoms with Gasteiger partial charge in [0.1, 0.15) is 0 Å². The van der Waals surface area contributed by atoms with Crippen molar-refractivity contribution in [2.45, 2.75) is 79.2 Å². The Morgan fingerprint density at radius 1 is 0.917 bits per heavy atom. The van der Waals surface area contributed by atoms with E-state index in [9.17, 15) is 0 Å². The van der Waals surface area contributed by atoms with Crippen LogP contribution in [0.2, 0.25) is 13.3 Å². The van der Waals surface area contributed by atoms with E-state index in [1.807, 2.05) is 0 Å². The number of rotatable bonds is 12. The number of hydrogen-bond donors (Lipinski definition) is 3. The molecule has 0 radical (unpaired) electrons. The fraction of sp³-hybridized carbons (Fsp3) is 0.650. The van der Waals surface area contributed by atoms with Gasteiger partial charge in [0.05, 0.1) is 0 Å². The Morgan fingerprint density at radius 2 is 1.38 bits per heavy atom. The van der Waals surface area contributed by atoms with Crippen LogP contribution in [0.4, 0.5) is 0 Å². The number of benzene rings is 1. The molecule has 0 amide bonds. The minimum atomic E-state index is -2.28. The Bertz CT molecular complexity index is 449. The Labute approximate surface area is 153 Å². The van der Waals surface area contributed by atoms with Crippen LogP contribution in [0.5, 0.6) is 0 Å². The van der Waals surface area contributed by atoms with Crippen LogP contribution in [-0.4, -0.2) is 24.3 Å². The zero-order chi connectivity index (χ0) is 17.8. The van der Waals surface area contributed by atoms with Crippen molar-refractivity contribution in [1.29, 1.82) is 5.41 Å². The SMILES string of the molecule is CCC[CH2][Sn]([CH2]CCC)([CH2]CCC)[c]1ccc(CNC(=N)N)cc1. The van der Waals surface area contributed by atoms with Gasteiger partial charge in [0.15, 0.2) is 0 Å². The number of guanidine groups is 1. The van der Waals surface area contributed by atoms with Gasteiger partial charge in [-0.1, -0.05) is 0 Å². The van der Waals surface area contributed by atoms with Crippen LogP contribution in [0.1, 0.15) is 64.9 Å². The van der Waals surface area contributed by atoms with Gasteiger partial charge in [-0.25, -0.2) is 0 Å². The van der Waals surface area contributed by atoms with Crippen LogP contribution in [0.25, 0.3) is 0 Å². The molecule has 24 heavy (non-hydrogen) atoms. The molecule has 0 saturated carbocycles. The average Bonchev–Trinajstić information content (AvgIpc) is 2.60. The number of hydrogen-bond acceptors (Lipinski definition) is 1. The maximum absolute atomic E-state index is 7.29. The summed E-state index contributed by atoms with van der Waals surface area (Å²) < 4.78 is 6.24. The molecule has 0 atom stereocenters. The molecule has 0 aromatic heterocycles. The van der Waals surface area contributed by atoms with E-state index >= 15 is 0 Å². The van der Waals surface area contributed by atoms with Crippen molar-refractivity contribution in [2.75, 3.05) is 0 Å². The van der Waals surface area contributed by atoms with Gasteiger partial charge in [0.25, 0.3) is 0 Å². The molecule has 0 heterocycles.